The summed E-state index contributed by atoms with van der Waals surface area (Å²) in [5.74, 6) is 0.810. The van der Waals surface area contributed by atoms with Crippen molar-refractivity contribution in [3.63, 3.8) is 0 Å². The predicted molar refractivity (Wildman–Crippen MR) is 39.2 cm³/mol. The van der Waals surface area contributed by atoms with E-state index in [2.05, 4.69) is 0 Å². The molecule has 0 aromatic heterocycles. The Morgan fingerprint density at radius 3 is 1.89 bits per heavy atom. The summed E-state index contributed by atoms with van der Waals surface area (Å²) in [5.41, 5.74) is 0. The minimum absolute atomic E-state index is 0.324. The van der Waals surface area contributed by atoms with Crippen molar-refractivity contribution < 1.29 is 8.42 Å². The standard InChI is InChI=1S/C6H14O2S/c1-6(2)4-5-9(3,7)8/h6H,4-5H2,1-3H3. The van der Waals surface area contributed by atoms with Crippen molar-refractivity contribution >= 4 is 9.84 Å². The summed E-state index contributed by atoms with van der Waals surface area (Å²) in [4.78, 5) is 0. The molecule has 0 aliphatic heterocycles. The Labute approximate surface area is 57.2 Å². The molecule has 0 aromatic rings. The van der Waals surface area contributed by atoms with Crippen LogP contribution in [0, 0.1) is 5.92 Å². The van der Waals surface area contributed by atoms with Crippen LogP contribution in [0.1, 0.15) is 20.3 Å². The lowest BCUT2D eigenvalue weighted by atomic mass is 10.2. The first-order valence-electron chi connectivity index (χ1n) is 3.09. The zero-order chi connectivity index (χ0) is 7.49. The third-order valence-corrected chi connectivity index (χ3v) is 2.04. The van der Waals surface area contributed by atoms with Gasteiger partial charge >= 0.3 is 0 Å². The fraction of sp³-hybridized carbons (Fsp3) is 1.00. The van der Waals surface area contributed by atoms with E-state index < -0.39 is 9.84 Å². The van der Waals surface area contributed by atoms with Crippen molar-refractivity contribution in [1.82, 2.24) is 0 Å². The lowest BCUT2D eigenvalue weighted by Crippen LogP contribution is -2.05. The molecule has 0 atom stereocenters. The predicted octanol–water partition coefficient (Wildman–Crippen LogP) is 1.08. The molecule has 0 N–H and O–H groups in total. The molecule has 0 heterocycles. The SMILES string of the molecule is CC(C)CCS(C)(=O)=O. The van der Waals surface area contributed by atoms with Gasteiger partial charge in [0.1, 0.15) is 9.84 Å². The molecule has 0 saturated heterocycles. The van der Waals surface area contributed by atoms with Gasteiger partial charge in [-0.3, -0.25) is 0 Å². The number of hydrogen-bond acceptors (Lipinski definition) is 2. The van der Waals surface area contributed by atoms with Gasteiger partial charge in [-0.05, 0) is 12.3 Å². The zero-order valence-corrected chi connectivity index (χ0v) is 7.03. The average molecular weight is 150 g/mol. The minimum atomic E-state index is -2.72. The summed E-state index contributed by atoms with van der Waals surface area (Å²) in [5, 5.41) is 0. The van der Waals surface area contributed by atoms with Gasteiger partial charge in [-0.1, -0.05) is 13.8 Å². The first kappa shape index (κ1) is 8.95. The summed E-state index contributed by atoms with van der Waals surface area (Å²) in [6, 6.07) is 0. The highest BCUT2D eigenvalue weighted by molar-refractivity contribution is 7.90. The van der Waals surface area contributed by atoms with E-state index >= 15 is 0 Å². The van der Waals surface area contributed by atoms with E-state index in [1.807, 2.05) is 13.8 Å². The van der Waals surface area contributed by atoms with E-state index in [0.29, 0.717) is 11.7 Å². The molecule has 56 valence electrons. The van der Waals surface area contributed by atoms with Crippen molar-refractivity contribution in [2.24, 2.45) is 5.92 Å². The third kappa shape index (κ3) is 7.95. The Balaban J connectivity index is 3.53. The second-order valence-corrected chi connectivity index (χ2v) is 5.07. The molecule has 9 heavy (non-hydrogen) atoms. The van der Waals surface area contributed by atoms with Crippen LogP contribution in [-0.2, 0) is 9.84 Å². The Morgan fingerprint density at radius 2 is 1.78 bits per heavy atom. The first-order valence-corrected chi connectivity index (χ1v) is 5.15. The van der Waals surface area contributed by atoms with Crippen molar-refractivity contribution in [3.8, 4) is 0 Å². The minimum Gasteiger partial charge on any atom is -0.229 e. The van der Waals surface area contributed by atoms with Gasteiger partial charge in [0.25, 0.3) is 0 Å². The van der Waals surface area contributed by atoms with E-state index in [0.717, 1.165) is 6.42 Å². The van der Waals surface area contributed by atoms with Crippen LogP contribution >= 0.6 is 0 Å². The molecule has 0 aromatic carbocycles. The van der Waals surface area contributed by atoms with E-state index in [4.69, 9.17) is 0 Å². The van der Waals surface area contributed by atoms with Crippen molar-refractivity contribution in [3.05, 3.63) is 0 Å². The topological polar surface area (TPSA) is 34.1 Å². The summed E-state index contributed by atoms with van der Waals surface area (Å²) in [6.45, 7) is 4.04. The second-order valence-electron chi connectivity index (χ2n) is 2.81. The Morgan fingerprint density at radius 1 is 1.33 bits per heavy atom. The molecule has 3 heteroatoms. The van der Waals surface area contributed by atoms with Crippen molar-refractivity contribution in [2.45, 2.75) is 20.3 Å². The quantitative estimate of drug-likeness (QED) is 0.603. The van der Waals surface area contributed by atoms with Crippen LogP contribution in [0.4, 0.5) is 0 Å². The van der Waals surface area contributed by atoms with Crippen LogP contribution < -0.4 is 0 Å². The van der Waals surface area contributed by atoms with Gasteiger partial charge in [-0.25, -0.2) is 8.42 Å². The van der Waals surface area contributed by atoms with Crippen molar-refractivity contribution in [2.75, 3.05) is 12.0 Å². The van der Waals surface area contributed by atoms with Gasteiger partial charge in [-0.15, -0.1) is 0 Å². The molecule has 0 rings (SSSR count). The van der Waals surface area contributed by atoms with Gasteiger partial charge in [0, 0.05) is 6.26 Å². The summed E-state index contributed by atoms with van der Waals surface area (Å²) in [6.07, 6.45) is 2.05. The monoisotopic (exact) mass is 150 g/mol. The van der Waals surface area contributed by atoms with Crippen molar-refractivity contribution in [1.29, 1.82) is 0 Å². The van der Waals surface area contributed by atoms with Crippen LogP contribution in [-0.4, -0.2) is 20.4 Å². The lowest BCUT2D eigenvalue weighted by Gasteiger charge is -2.00. The van der Waals surface area contributed by atoms with E-state index in [1.165, 1.54) is 6.26 Å². The molecule has 2 nitrogen and oxygen atoms in total. The fourth-order valence-corrected chi connectivity index (χ4v) is 1.35. The van der Waals surface area contributed by atoms with Crippen LogP contribution in [0.3, 0.4) is 0 Å². The van der Waals surface area contributed by atoms with Crippen LogP contribution in [0.5, 0.6) is 0 Å². The van der Waals surface area contributed by atoms with E-state index in [-0.39, 0.29) is 0 Å². The van der Waals surface area contributed by atoms with E-state index in [9.17, 15) is 8.42 Å². The average Bonchev–Trinajstić information content (AvgIpc) is 1.59. The molecule has 0 fully saturated rings. The summed E-state index contributed by atoms with van der Waals surface area (Å²) >= 11 is 0. The molecule has 0 amide bonds. The fourth-order valence-electron chi connectivity index (χ4n) is 0.450. The maximum Gasteiger partial charge on any atom is 0.147 e. The highest BCUT2D eigenvalue weighted by Gasteiger charge is 2.02. The van der Waals surface area contributed by atoms with Gasteiger partial charge in [0.15, 0.2) is 0 Å². The normalized spacial score (nSPS) is 12.4. The molecular formula is C6H14O2S. The van der Waals surface area contributed by atoms with E-state index in [1.54, 1.807) is 0 Å². The Hall–Kier alpha value is -0.0500. The highest BCUT2D eigenvalue weighted by atomic mass is 32.2. The number of hydrogen-bond donors (Lipinski definition) is 0. The molecule has 0 aliphatic rings. The maximum atomic E-state index is 10.5. The maximum absolute atomic E-state index is 10.5. The molecule has 0 unspecified atom stereocenters. The smallest absolute Gasteiger partial charge is 0.147 e. The molecular weight excluding hydrogens is 136 g/mol. The Bertz CT molecular complexity index is 156. The van der Waals surface area contributed by atoms with Gasteiger partial charge in [0.2, 0.25) is 0 Å². The number of rotatable bonds is 3. The van der Waals surface area contributed by atoms with Crippen LogP contribution in [0.2, 0.25) is 0 Å². The molecule has 0 aliphatic carbocycles. The van der Waals surface area contributed by atoms with Crippen LogP contribution in [0.15, 0.2) is 0 Å². The third-order valence-electron chi connectivity index (χ3n) is 1.07. The molecule has 0 bridgehead atoms. The van der Waals surface area contributed by atoms with Gasteiger partial charge in [-0.2, -0.15) is 0 Å². The van der Waals surface area contributed by atoms with Gasteiger partial charge in [0.05, 0.1) is 5.75 Å². The summed E-state index contributed by atoms with van der Waals surface area (Å²) in [7, 11) is -2.72. The number of sulfone groups is 1. The molecule has 0 radical (unpaired) electrons. The Kier molecular flexibility index (Phi) is 3.18. The lowest BCUT2D eigenvalue weighted by molar-refractivity contribution is 0.578. The summed E-state index contributed by atoms with van der Waals surface area (Å²) < 4.78 is 21.1. The molecule has 0 spiro atoms. The first-order chi connectivity index (χ1) is 3.92. The van der Waals surface area contributed by atoms with Crippen LogP contribution in [0.25, 0.3) is 0 Å². The second kappa shape index (κ2) is 3.20. The zero-order valence-electron chi connectivity index (χ0n) is 6.22. The molecule has 0 saturated carbocycles. The highest BCUT2D eigenvalue weighted by Crippen LogP contribution is 2.00. The van der Waals surface area contributed by atoms with Gasteiger partial charge < -0.3 is 0 Å². The largest absolute Gasteiger partial charge is 0.229 e.